The molecule has 0 unspecified atom stereocenters. The maximum Gasteiger partial charge on any atom is 0.00106 e. The van der Waals surface area contributed by atoms with Crippen LogP contribution in [0.1, 0.15) is 39.5 Å². The van der Waals surface area contributed by atoms with Crippen LogP contribution in [0, 0.1) is 17.8 Å². The lowest BCUT2D eigenvalue weighted by Gasteiger charge is -2.37. The molecule has 2 rings (SSSR count). The van der Waals surface area contributed by atoms with E-state index in [0.29, 0.717) is 0 Å². The highest BCUT2D eigenvalue weighted by Crippen LogP contribution is 2.26. The number of likely N-dealkylation sites (tertiary alicyclic amines) is 2. The first kappa shape index (κ1) is 13.4. The van der Waals surface area contributed by atoms with Gasteiger partial charge >= 0.3 is 0 Å². The average Bonchev–Trinajstić information content (AvgIpc) is 2.33. The third kappa shape index (κ3) is 3.96. The highest BCUT2D eigenvalue weighted by atomic mass is 15.1. The number of hydrogen-bond acceptors (Lipinski definition) is 2. The van der Waals surface area contributed by atoms with Crippen molar-refractivity contribution in [3.05, 3.63) is 0 Å². The van der Waals surface area contributed by atoms with E-state index in [1.54, 1.807) is 0 Å². The molecule has 0 amide bonds. The molecule has 0 aliphatic carbocycles. The van der Waals surface area contributed by atoms with E-state index in [1.807, 2.05) is 0 Å². The molecule has 0 aromatic heterocycles. The zero-order valence-corrected chi connectivity index (χ0v) is 12.0. The van der Waals surface area contributed by atoms with Crippen LogP contribution in [0.4, 0.5) is 0 Å². The van der Waals surface area contributed by atoms with Gasteiger partial charge in [-0.1, -0.05) is 13.8 Å². The van der Waals surface area contributed by atoms with E-state index < -0.39 is 0 Å². The minimum atomic E-state index is 0.889. The van der Waals surface area contributed by atoms with E-state index in [2.05, 4.69) is 30.7 Å². The van der Waals surface area contributed by atoms with Crippen LogP contribution in [-0.4, -0.2) is 49.6 Å². The predicted molar refractivity (Wildman–Crippen MR) is 74.2 cm³/mol. The quantitative estimate of drug-likeness (QED) is 0.746. The van der Waals surface area contributed by atoms with Crippen LogP contribution in [0.2, 0.25) is 0 Å². The second-order valence-electron chi connectivity index (χ2n) is 6.63. The number of nitrogens with zero attached hydrogens (tertiary/aromatic N) is 2. The van der Waals surface area contributed by atoms with Crippen LogP contribution in [0.25, 0.3) is 0 Å². The van der Waals surface area contributed by atoms with E-state index >= 15 is 0 Å². The molecule has 2 fully saturated rings. The Morgan fingerprint density at radius 1 is 0.941 bits per heavy atom. The molecular weight excluding hydrogens is 208 g/mol. The molecule has 0 radical (unpaired) electrons. The summed E-state index contributed by atoms with van der Waals surface area (Å²) in [6.07, 6.45) is 5.70. The molecule has 2 heterocycles. The number of rotatable bonds is 3. The minimum absolute atomic E-state index is 0.889. The van der Waals surface area contributed by atoms with Crippen LogP contribution in [0.15, 0.2) is 0 Å². The van der Waals surface area contributed by atoms with Crippen molar-refractivity contribution in [1.82, 2.24) is 9.80 Å². The van der Waals surface area contributed by atoms with Gasteiger partial charge in [-0.3, -0.25) is 0 Å². The average molecular weight is 238 g/mol. The smallest absolute Gasteiger partial charge is 0.00106 e. The largest absolute Gasteiger partial charge is 0.306 e. The second-order valence-corrected chi connectivity index (χ2v) is 6.63. The van der Waals surface area contributed by atoms with E-state index in [1.165, 1.54) is 58.4 Å². The SMILES string of the molecule is CC(C)C1CCN(CC2CCN(C)CC2)CC1. The summed E-state index contributed by atoms with van der Waals surface area (Å²) in [6, 6.07) is 0. The Balaban J connectivity index is 1.67. The van der Waals surface area contributed by atoms with Gasteiger partial charge in [0.25, 0.3) is 0 Å². The molecule has 2 nitrogen and oxygen atoms in total. The normalized spacial score (nSPS) is 26.8. The Morgan fingerprint density at radius 2 is 1.53 bits per heavy atom. The topological polar surface area (TPSA) is 6.48 Å². The molecule has 100 valence electrons. The molecule has 2 saturated heterocycles. The van der Waals surface area contributed by atoms with Gasteiger partial charge in [0.05, 0.1) is 0 Å². The fraction of sp³-hybridized carbons (Fsp3) is 1.00. The van der Waals surface area contributed by atoms with Gasteiger partial charge in [0.15, 0.2) is 0 Å². The third-order valence-electron chi connectivity index (χ3n) is 4.93. The van der Waals surface area contributed by atoms with Gasteiger partial charge in [-0.2, -0.15) is 0 Å². The summed E-state index contributed by atoms with van der Waals surface area (Å²) < 4.78 is 0. The fourth-order valence-electron chi connectivity index (χ4n) is 3.41. The van der Waals surface area contributed by atoms with Gasteiger partial charge in [0.2, 0.25) is 0 Å². The van der Waals surface area contributed by atoms with Crippen LogP contribution >= 0.6 is 0 Å². The third-order valence-corrected chi connectivity index (χ3v) is 4.93. The lowest BCUT2D eigenvalue weighted by Crippen LogP contribution is -2.41. The summed E-state index contributed by atoms with van der Waals surface area (Å²) >= 11 is 0. The molecule has 0 aromatic rings. The standard InChI is InChI=1S/C15H30N2/c1-13(2)15-6-10-17(11-7-15)12-14-4-8-16(3)9-5-14/h13-15H,4-12H2,1-3H3. The van der Waals surface area contributed by atoms with Crippen molar-refractivity contribution in [2.45, 2.75) is 39.5 Å². The van der Waals surface area contributed by atoms with Crippen LogP contribution < -0.4 is 0 Å². The van der Waals surface area contributed by atoms with Crippen molar-refractivity contribution >= 4 is 0 Å². The molecular formula is C15H30N2. The van der Waals surface area contributed by atoms with Gasteiger partial charge in [0, 0.05) is 6.54 Å². The Morgan fingerprint density at radius 3 is 2.06 bits per heavy atom. The van der Waals surface area contributed by atoms with Crippen molar-refractivity contribution < 1.29 is 0 Å². The zero-order chi connectivity index (χ0) is 12.3. The van der Waals surface area contributed by atoms with Gasteiger partial charge in [-0.05, 0) is 76.7 Å². The van der Waals surface area contributed by atoms with Gasteiger partial charge < -0.3 is 9.80 Å². The second kappa shape index (κ2) is 6.19. The monoisotopic (exact) mass is 238 g/mol. The predicted octanol–water partition coefficient (Wildman–Crippen LogP) is 2.70. The molecule has 0 atom stereocenters. The van der Waals surface area contributed by atoms with Crippen LogP contribution in [0.3, 0.4) is 0 Å². The van der Waals surface area contributed by atoms with Crippen molar-refractivity contribution in [2.24, 2.45) is 17.8 Å². The molecule has 0 bridgehead atoms. The minimum Gasteiger partial charge on any atom is -0.306 e. The molecule has 17 heavy (non-hydrogen) atoms. The molecule has 2 aliphatic heterocycles. The van der Waals surface area contributed by atoms with Gasteiger partial charge in [0.1, 0.15) is 0 Å². The summed E-state index contributed by atoms with van der Waals surface area (Å²) in [7, 11) is 2.25. The molecule has 2 aliphatic rings. The van der Waals surface area contributed by atoms with Crippen molar-refractivity contribution in [3.8, 4) is 0 Å². The Hall–Kier alpha value is -0.0800. The zero-order valence-electron chi connectivity index (χ0n) is 12.0. The Bertz CT molecular complexity index is 211. The first-order valence-corrected chi connectivity index (χ1v) is 7.56. The highest BCUT2D eigenvalue weighted by Gasteiger charge is 2.24. The highest BCUT2D eigenvalue weighted by molar-refractivity contribution is 4.78. The molecule has 0 spiro atoms. The van der Waals surface area contributed by atoms with E-state index in [9.17, 15) is 0 Å². The lowest BCUT2D eigenvalue weighted by molar-refractivity contribution is 0.115. The maximum absolute atomic E-state index is 2.73. The van der Waals surface area contributed by atoms with Crippen molar-refractivity contribution in [1.29, 1.82) is 0 Å². The van der Waals surface area contributed by atoms with E-state index in [-0.39, 0.29) is 0 Å². The van der Waals surface area contributed by atoms with E-state index in [4.69, 9.17) is 0 Å². The molecule has 0 saturated carbocycles. The van der Waals surface area contributed by atoms with Gasteiger partial charge in [-0.25, -0.2) is 0 Å². The summed E-state index contributed by atoms with van der Waals surface area (Å²) in [5, 5.41) is 0. The van der Waals surface area contributed by atoms with Crippen molar-refractivity contribution in [3.63, 3.8) is 0 Å². The lowest BCUT2D eigenvalue weighted by atomic mass is 9.86. The first-order chi connectivity index (χ1) is 8.15. The van der Waals surface area contributed by atoms with Gasteiger partial charge in [-0.15, -0.1) is 0 Å². The molecule has 2 heteroatoms. The van der Waals surface area contributed by atoms with Crippen molar-refractivity contribution in [2.75, 3.05) is 39.8 Å². The molecule has 0 aromatic carbocycles. The van der Waals surface area contributed by atoms with Crippen LogP contribution in [-0.2, 0) is 0 Å². The summed E-state index contributed by atoms with van der Waals surface area (Å²) in [6.45, 7) is 11.5. The Labute approximate surface area is 107 Å². The summed E-state index contributed by atoms with van der Waals surface area (Å²) in [4.78, 5) is 5.20. The fourth-order valence-corrected chi connectivity index (χ4v) is 3.41. The van der Waals surface area contributed by atoms with Crippen LogP contribution in [0.5, 0.6) is 0 Å². The Kier molecular flexibility index (Phi) is 4.87. The number of hydrogen-bond donors (Lipinski definition) is 0. The maximum atomic E-state index is 2.73. The molecule has 0 N–H and O–H groups in total. The first-order valence-electron chi connectivity index (χ1n) is 7.56. The summed E-state index contributed by atoms with van der Waals surface area (Å²) in [5.41, 5.74) is 0. The number of piperidine rings is 2. The van der Waals surface area contributed by atoms with E-state index in [0.717, 1.165) is 17.8 Å². The summed E-state index contributed by atoms with van der Waals surface area (Å²) in [5.74, 6) is 2.85.